The molecule has 110 valence electrons. The van der Waals surface area contributed by atoms with Crippen molar-refractivity contribution in [1.82, 2.24) is 0 Å². The van der Waals surface area contributed by atoms with Crippen molar-refractivity contribution in [3.63, 3.8) is 0 Å². The minimum atomic E-state index is -1.44. The van der Waals surface area contributed by atoms with Crippen molar-refractivity contribution in [3.05, 3.63) is 65.5 Å². The van der Waals surface area contributed by atoms with Crippen LogP contribution in [0.2, 0.25) is 0 Å². The molecule has 2 aromatic carbocycles. The Morgan fingerprint density at radius 3 is 2.43 bits per heavy atom. The van der Waals surface area contributed by atoms with E-state index in [-0.39, 0.29) is 22.1 Å². The van der Waals surface area contributed by atoms with E-state index < -0.39 is 16.6 Å². The number of halogens is 1. The molecule has 0 amide bonds. The molecule has 0 saturated heterocycles. The fourth-order valence-corrected chi connectivity index (χ4v) is 4.75. The average molecular weight is 303 g/mol. The molecule has 0 aliphatic heterocycles. The van der Waals surface area contributed by atoms with Gasteiger partial charge in [-0.2, -0.15) is 0 Å². The molecule has 0 heterocycles. The molecule has 1 aliphatic carbocycles. The molecule has 2 nitrogen and oxygen atoms in total. The minimum absolute atomic E-state index is 0.254. The second-order valence-corrected chi connectivity index (χ2v) is 7.20. The first-order valence-electron chi connectivity index (χ1n) is 7.09. The zero-order chi connectivity index (χ0) is 15.0. The monoisotopic (exact) mass is 303 g/mol. The molecule has 4 heteroatoms. The van der Waals surface area contributed by atoms with Crippen LogP contribution in [0.1, 0.15) is 36.4 Å². The number of hydrogen-bond donors (Lipinski definition) is 1. The van der Waals surface area contributed by atoms with Gasteiger partial charge in [-0.05, 0) is 35.6 Å². The Morgan fingerprint density at radius 2 is 1.71 bits per heavy atom. The summed E-state index contributed by atoms with van der Waals surface area (Å²) in [7, 11) is -1.44. The maximum atomic E-state index is 13.9. The van der Waals surface area contributed by atoms with Crippen LogP contribution in [-0.4, -0.2) is 9.46 Å². The predicted molar refractivity (Wildman–Crippen MR) is 83.0 cm³/mol. The van der Waals surface area contributed by atoms with Gasteiger partial charge in [0.2, 0.25) is 0 Å². The van der Waals surface area contributed by atoms with Crippen LogP contribution in [-0.2, 0) is 10.8 Å². The Hall–Kier alpha value is -1.52. The van der Waals surface area contributed by atoms with E-state index in [1.807, 2.05) is 18.2 Å². The summed E-state index contributed by atoms with van der Waals surface area (Å²) in [6.45, 7) is 2.11. The Labute approximate surface area is 126 Å². The van der Waals surface area contributed by atoms with Crippen molar-refractivity contribution in [3.8, 4) is 0 Å². The van der Waals surface area contributed by atoms with Crippen LogP contribution >= 0.6 is 0 Å². The number of nitrogens with two attached hydrogens (primary N) is 1. The molecule has 0 aromatic heterocycles. The molecular formula is C17H18FNOS. The van der Waals surface area contributed by atoms with Crippen molar-refractivity contribution in [2.24, 2.45) is 5.73 Å². The van der Waals surface area contributed by atoms with Crippen molar-refractivity contribution in [2.75, 3.05) is 0 Å². The standard InChI is InChI=1S/C17H18FNOS/c1-11-10-16(17(19)13-7-3-2-6-12(11)13)21(20)15-9-5-4-8-14(15)18/h2-9,11,16-17H,10,19H2,1H3. The first kappa shape index (κ1) is 14.4. The number of hydrogen-bond acceptors (Lipinski definition) is 2. The van der Waals surface area contributed by atoms with E-state index in [0.29, 0.717) is 6.42 Å². The lowest BCUT2D eigenvalue weighted by molar-refractivity contribution is 0.510. The maximum absolute atomic E-state index is 13.9. The summed E-state index contributed by atoms with van der Waals surface area (Å²) in [5.41, 5.74) is 8.57. The molecule has 3 rings (SSSR count). The van der Waals surface area contributed by atoms with Crippen LogP contribution in [0.4, 0.5) is 4.39 Å². The highest BCUT2D eigenvalue weighted by Gasteiger charge is 2.35. The van der Waals surface area contributed by atoms with Crippen LogP contribution in [0.15, 0.2) is 53.4 Å². The zero-order valence-electron chi connectivity index (χ0n) is 11.8. The highest BCUT2D eigenvalue weighted by atomic mass is 32.2. The molecule has 0 fully saturated rings. The van der Waals surface area contributed by atoms with E-state index in [9.17, 15) is 8.60 Å². The molecule has 2 aromatic rings. The maximum Gasteiger partial charge on any atom is 0.139 e. The summed E-state index contributed by atoms with van der Waals surface area (Å²) in [6, 6.07) is 13.9. The van der Waals surface area contributed by atoms with Gasteiger partial charge in [-0.3, -0.25) is 4.21 Å². The highest BCUT2D eigenvalue weighted by Crippen LogP contribution is 2.39. The van der Waals surface area contributed by atoms with E-state index in [2.05, 4.69) is 13.0 Å². The predicted octanol–water partition coefficient (Wildman–Crippen LogP) is 3.51. The molecule has 4 atom stereocenters. The Balaban J connectivity index is 1.98. The Kier molecular flexibility index (Phi) is 3.91. The van der Waals surface area contributed by atoms with Gasteiger partial charge in [0.25, 0.3) is 0 Å². The van der Waals surface area contributed by atoms with Gasteiger partial charge in [-0.25, -0.2) is 4.39 Å². The van der Waals surface area contributed by atoms with Gasteiger partial charge in [0.05, 0.1) is 20.9 Å². The van der Waals surface area contributed by atoms with Crippen LogP contribution in [0.5, 0.6) is 0 Å². The van der Waals surface area contributed by atoms with E-state index in [1.165, 1.54) is 11.6 Å². The average Bonchev–Trinajstić information content (AvgIpc) is 2.51. The second-order valence-electron chi connectivity index (χ2n) is 5.56. The van der Waals surface area contributed by atoms with Gasteiger partial charge >= 0.3 is 0 Å². The van der Waals surface area contributed by atoms with Gasteiger partial charge < -0.3 is 5.73 Å². The Morgan fingerprint density at radius 1 is 1.10 bits per heavy atom. The van der Waals surface area contributed by atoms with E-state index >= 15 is 0 Å². The first-order valence-corrected chi connectivity index (χ1v) is 8.30. The van der Waals surface area contributed by atoms with Crippen LogP contribution in [0.3, 0.4) is 0 Å². The van der Waals surface area contributed by atoms with Gasteiger partial charge in [-0.15, -0.1) is 0 Å². The largest absolute Gasteiger partial charge is 0.323 e. The summed E-state index contributed by atoms with van der Waals surface area (Å²) < 4.78 is 26.7. The first-order chi connectivity index (χ1) is 10.1. The molecule has 4 unspecified atom stereocenters. The fraction of sp³-hybridized carbons (Fsp3) is 0.294. The quantitative estimate of drug-likeness (QED) is 0.922. The van der Waals surface area contributed by atoms with Gasteiger partial charge in [0.15, 0.2) is 0 Å². The molecule has 0 radical (unpaired) electrons. The SMILES string of the molecule is CC1CC(S(=O)c2ccccc2F)C(N)c2ccccc21. The van der Waals surface area contributed by atoms with Crippen molar-refractivity contribution in [2.45, 2.75) is 35.4 Å². The number of rotatable bonds is 2. The second kappa shape index (κ2) is 5.70. The van der Waals surface area contributed by atoms with Gasteiger partial charge in [0, 0.05) is 6.04 Å². The topological polar surface area (TPSA) is 43.1 Å². The lowest BCUT2D eigenvalue weighted by Gasteiger charge is -2.34. The molecule has 0 spiro atoms. The molecule has 0 bridgehead atoms. The van der Waals surface area contributed by atoms with E-state index in [0.717, 1.165) is 5.56 Å². The van der Waals surface area contributed by atoms with Crippen LogP contribution < -0.4 is 5.73 Å². The fourth-order valence-electron chi connectivity index (χ4n) is 3.08. The molecule has 2 N–H and O–H groups in total. The Bertz CT molecular complexity index is 688. The third-order valence-electron chi connectivity index (χ3n) is 4.20. The van der Waals surface area contributed by atoms with E-state index in [1.54, 1.807) is 18.2 Å². The molecule has 1 aliphatic rings. The van der Waals surface area contributed by atoms with E-state index in [4.69, 9.17) is 5.73 Å². The zero-order valence-corrected chi connectivity index (χ0v) is 12.6. The van der Waals surface area contributed by atoms with Crippen LogP contribution in [0.25, 0.3) is 0 Å². The number of fused-ring (bicyclic) bond motifs is 1. The third kappa shape index (κ3) is 2.54. The summed E-state index contributed by atoms with van der Waals surface area (Å²) in [5, 5.41) is -0.258. The van der Waals surface area contributed by atoms with Crippen molar-refractivity contribution >= 4 is 10.8 Å². The molecular weight excluding hydrogens is 285 g/mol. The highest BCUT2D eigenvalue weighted by molar-refractivity contribution is 7.85. The van der Waals surface area contributed by atoms with Crippen LogP contribution in [0, 0.1) is 5.82 Å². The minimum Gasteiger partial charge on any atom is -0.323 e. The molecule has 0 saturated carbocycles. The lowest BCUT2D eigenvalue weighted by Crippen LogP contribution is -2.36. The summed E-state index contributed by atoms with van der Waals surface area (Å²) >= 11 is 0. The number of benzene rings is 2. The molecule has 21 heavy (non-hydrogen) atoms. The van der Waals surface area contributed by atoms with Crippen molar-refractivity contribution < 1.29 is 8.60 Å². The van der Waals surface area contributed by atoms with Crippen molar-refractivity contribution in [1.29, 1.82) is 0 Å². The summed E-state index contributed by atoms with van der Waals surface area (Å²) in [6.07, 6.45) is 0.707. The van der Waals surface area contributed by atoms with Gasteiger partial charge in [-0.1, -0.05) is 43.3 Å². The lowest BCUT2D eigenvalue weighted by atomic mass is 9.81. The normalized spacial score (nSPS) is 26.1. The third-order valence-corrected chi connectivity index (χ3v) is 6.00. The summed E-state index contributed by atoms with van der Waals surface area (Å²) in [5.74, 6) is -0.142. The smallest absolute Gasteiger partial charge is 0.139 e. The van der Waals surface area contributed by atoms with Gasteiger partial charge in [0.1, 0.15) is 5.82 Å². The summed E-state index contributed by atoms with van der Waals surface area (Å²) in [4.78, 5) is 0.254.